The fraction of sp³-hybridized carbons (Fsp3) is 0.250. The molecule has 4 rings (SSSR count). The van der Waals surface area contributed by atoms with E-state index < -0.39 is 0 Å². The summed E-state index contributed by atoms with van der Waals surface area (Å²) in [5.74, 6) is 3.05. The predicted molar refractivity (Wildman–Crippen MR) is 123 cm³/mol. The van der Waals surface area contributed by atoms with Crippen LogP contribution < -0.4 is 10.2 Å². The SMILES string of the molecule is Cc1ccnc(Nc2cc(N3CCN(C(=O)C=Cc4ccccc4)CC3)nc(C)n2)c1. The number of carbonyl (C=O) groups is 1. The third-order valence-electron chi connectivity index (χ3n) is 5.13. The number of nitrogens with one attached hydrogen (secondary N) is 1. The zero-order valence-electron chi connectivity index (χ0n) is 17.8. The van der Waals surface area contributed by atoms with Crippen molar-refractivity contribution in [1.29, 1.82) is 0 Å². The van der Waals surface area contributed by atoms with Gasteiger partial charge in [0.05, 0.1) is 0 Å². The van der Waals surface area contributed by atoms with Gasteiger partial charge in [0, 0.05) is 44.5 Å². The van der Waals surface area contributed by atoms with E-state index in [1.165, 1.54) is 0 Å². The summed E-state index contributed by atoms with van der Waals surface area (Å²) >= 11 is 0. The average molecular weight is 415 g/mol. The molecule has 0 bridgehead atoms. The van der Waals surface area contributed by atoms with Crippen LogP contribution in [0.5, 0.6) is 0 Å². The summed E-state index contributed by atoms with van der Waals surface area (Å²) in [6.07, 6.45) is 5.28. The number of hydrogen-bond acceptors (Lipinski definition) is 6. The monoisotopic (exact) mass is 414 g/mol. The Morgan fingerprint density at radius 1 is 0.968 bits per heavy atom. The van der Waals surface area contributed by atoms with E-state index >= 15 is 0 Å². The molecule has 1 aliphatic heterocycles. The molecule has 0 spiro atoms. The number of aryl methyl sites for hydroxylation is 2. The van der Waals surface area contributed by atoms with Crippen molar-refractivity contribution in [2.45, 2.75) is 13.8 Å². The highest BCUT2D eigenvalue weighted by Crippen LogP contribution is 2.20. The molecule has 158 valence electrons. The zero-order valence-corrected chi connectivity index (χ0v) is 17.8. The number of pyridine rings is 1. The highest BCUT2D eigenvalue weighted by Gasteiger charge is 2.21. The van der Waals surface area contributed by atoms with Crippen LogP contribution in [0.15, 0.2) is 60.8 Å². The summed E-state index contributed by atoms with van der Waals surface area (Å²) in [5.41, 5.74) is 2.15. The Labute approximate surface area is 182 Å². The van der Waals surface area contributed by atoms with Crippen molar-refractivity contribution in [2.24, 2.45) is 0 Å². The van der Waals surface area contributed by atoms with Gasteiger partial charge in [-0.3, -0.25) is 4.79 Å². The molecular weight excluding hydrogens is 388 g/mol. The van der Waals surface area contributed by atoms with Crippen molar-refractivity contribution < 1.29 is 4.79 Å². The van der Waals surface area contributed by atoms with Crippen LogP contribution in [0.4, 0.5) is 17.5 Å². The number of amides is 1. The minimum absolute atomic E-state index is 0.0373. The van der Waals surface area contributed by atoms with Crippen LogP contribution in [-0.2, 0) is 4.79 Å². The fourth-order valence-corrected chi connectivity index (χ4v) is 3.51. The first-order valence-corrected chi connectivity index (χ1v) is 10.4. The Bertz CT molecular complexity index is 1070. The van der Waals surface area contributed by atoms with Gasteiger partial charge in [-0.1, -0.05) is 30.3 Å². The molecular formula is C24H26N6O. The average Bonchev–Trinajstić information content (AvgIpc) is 2.78. The van der Waals surface area contributed by atoms with Crippen LogP contribution in [0.1, 0.15) is 17.0 Å². The lowest BCUT2D eigenvalue weighted by molar-refractivity contribution is -0.126. The molecule has 0 aliphatic carbocycles. The highest BCUT2D eigenvalue weighted by atomic mass is 16.2. The number of anilines is 3. The van der Waals surface area contributed by atoms with Crippen molar-refractivity contribution in [3.8, 4) is 0 Å². The molecule has 1 saturated heterocycles. The Balaban J connectivity index is 1.38. The summed E-state index contributed by atoms with van der Waals surface area (Å²) in [7, 11) is 0. The fourth-order valence-electron chi connectivity index (χ4n) is 3.51. The number of benzene rings is 1. The normalized spacial score (nSPS) is 14.1. The van der Waals surface area contributed by atoms with Crippen molar-refractivity contribution in [3.63, 3.8) is 0 Å². The van der Waals surface area contributed by atoms with Crippen LogP contribution in [0.2, 0.25) is 0 Å². The maximum absolute atomic E-state index is 12.5. The maximum Gasteiger partial charge on any atom is 0.246 e. The van der Waals surface area contributed by atoms with Gasteiger partial charge < -0.3 is 15.1 Å². The second-order valence-electron chi connectivity index (χ2n) is 7.56. The van der Waals surface area contributed by atoms with E-state index in [4.69, 9.17) is 0 Å². The van der Waals surface area contributed by atoms with E-state index in [0.29, 0.717) is 24.7 Å². The molecule has 7 nitrogen and oxygen atoms in total. The Hall–Kier alpha value is -3.74. The van der Waals surface area contributed by atoms with Gasteiger partial charge in [0.1, 0.15) is 23.3 Å². The van der Waals surface area contributed by atoms with Crippen LogP contribution >= 0.6 is 0 Å². The summed E-state index contributed by atoms with van der Waals surface area (Å²) in [6.45, 7) is 6.67. The van der Waals surface area contributed by atoms with Gasteiger partial charge in [0.15, 0.2) is 0 Å². The molecule has 0 saturated carbocycles. The first-order chi connectivity index (χ1) is 15.1. The largest absolute Gasteiger partial charge is 0.353 e. The second kappa shape index (κ2) is 9.38. The van der Waals surface area contributed by atoms with E-state index in [2.05, 4.69) is 25.2 Å². The van der Waals surface area contributed by atoms with Gasteiger partial charge in [-0.15, -0.1) is 0 Å². The number of piperazine rings is 1. The number of aromatic nitrogens is 3. The van der Waals surface area contributed by atoms with E-state index in [9.17, 15) is 4.79 Å². The molecule has 1 aromatic carbocycles. The molecule has 1 aliphatic rings. The smallest absolute Gasteiger partial charge is 0.246 e. The number of carbonyl (C=O) groups excluding carboxylic acids is 1. The molecule has 1 N–H and O–H groups in total. The molecule has 3 heterocycles. The molecule has 31 heavy (non-hydrogen) atoms. The summed E-state index contributed by atoms with van der Waals surface area (Å²) in [5, 5.41) is 3.26. The first-order valence-electron chi connectivity index (χ1n) is 10.4. The highest BCUT2D eigenvalue weighted by molar-refractivity contribution is 5.92. The summed E-state index contributed by atoms with van der Waals surface area (Å²) in [6, 6.07) is 15.7. The molecule has 0 atom stereocenters. The molecule has 0 unspecified atom stereocenters. The lowest BCUT2D eigenvalue weighted by atomic mass is 10.2. The molecule has 2 aromatic heterocycles. The van der Waals surface area contributed by atoms with E-state index in [0.717, 1.165) is 35.9 Å². The third-order valence-corrected chi connectivity index (χ3v) is 5.13. The van der Waals surface area contributed by atoms with Crippen LogP contribution in [0, 0.1) is 13.8 Å². The van der Waals surface area contributed by atoms with Crippen molar-refractivity contribution >= 4 is 29.4 Å². The van der Waals surface area contributed by atoms with Crippen molar-refractivity contribution in [1.82, 2.24) is 19.9 Å². The minimum atomic E-state index is 0.0373. The van der Waals surface area contributed by atoms with Crippen molar-refractivity contribution in [3.05, 3.63) is 77.8 Å². The van der Waals surface area contributed by atoms with Gasteiger partial charge in [-0.25, -0.2) is 15.0 Å². The molecule has 0 radical (unpaired) electrons. The van der Waals surface area contributed by atoms with Crippen LogP contribution in [0.25, 0.3) is 6.08 Å². The molecule has 1 fully saturated rings. The Morgan fingerprint density at radius 2 is 1.74 bits per heavy atom. The molecule has 1 amide bonds. The summed E-state index contributed by atoms with van der Waals surface area (Å²) < 4.78 is 0. The Morgan fingerprint density at radius 3 is 2.48 bits per heavy atom. The lowest BCUT2D eigenvalue weighted by Gasteiger charge is -2.35. The van der Waals surface area contributed by atoms with Gasteiger partial charge in [0.2, 0.25) is 5.91 Å². The number of hydrogen-bond donors (Lipinski definition) is 1. The quantitative estimate of drug-likeness (QED) is 0.643. The summed E-state index contributed by atoms with van der Waals surface area (Å²) in [4.78, 5) is 30.0. The van der Waals surface area contributed by atoms with E-state index in [1.54, 1.807) is 12.3 Å². The minimum Gasteiger partial charge on any atom is -0.353 e. The maximum atomic E-state index is 12.5. The molecule has 7 heteroatoms. The second-order valence-corrected chi connectivity index (χ2v) is 7.56. The van der Waals surface area contributed by atoms with Gasteiger partial charge in [-0.2, -0.15) is 0 Å². The number of rotatable bonds is 5. The first kappa shape index (κ1) is 20.5. The van der Waals surface area contributed by atoms with Crippen LogP contribution in [0.3, 0.4) is 0 Å². The number of nitrogens with zero attached hydrogens (tertiary/aromatic N) is 5. The van der Waals surface area contributed by atoms with E-state index in [-0.39, 0.29) is 5.91 Å². The van der Waals surface area contributed by atoms with E-state index in [1.807, 2.05) is 73.4 Å². The standard InChI is InChI=1S/C24H26N6O/c1-18-10-11-25-21(16-18)28-22-17-23(27-19(2)26-22)29-12-14-30(15-13-29)24(31)9-8-20-6-4-3-5-7-20/h3-11,16-17H,12-15H2,1-2H3,(H,25,26,27,28). The zero-order chi connectivity index (χ0) is 21.6. The van der Waals surface area contributed by atoms with Crippen molar-refractivity contribution in [2.75, 3.05) is 36.4 Å². The van der Waals surface area contributed by atoms with Gasteiger partial charge in [-0.05, 0) is 43.2 Å². The third kappa shape index (κ3) is 5.45. The topological polar surface area (TPSA) is 74.2 Å². The lowest BCUT2D eigenvalue weighted by Crippen LogP contribution is -2.48. The van der Waals surface area contributed by atoms with Gasteiger partial charge in [0.25, 0.3) is 0 Å². The Kier molecular flexibility index (Phi) is 6.21. The molecule has 3 aromatic rings. The van der Waals surface area contributed by atoms with Crippen LogP contribution in [-0.4, -0.2) is 51.9 Å². The van der Waals surface area contributed by atoms with Gasteiger partial charge >= 0.3 is 0 Å². The predicted octanol–water partition coefficient (Wildman–Crippen LogP) is 3.59.